The van der Waals surface area contributed by atoms with Crippen LogP contribution in [0.1, 0.15) is 31.7 Å². The van der Waals surface area contributed by atoms with E-state index in [-0.39, 0.29) is 19.6 Å². The summed E-state index contributed by atoms with van der Waals surface area (Å²) < 4.78 is 46.9. The number of hydrogen-bond donors (Lipinski definition) is 1. The number of hydrogen-bond acceptors (Lipinski definition) is 3. The number of nitrogens with two attached hydrogens (primary N) is 1. The zero-order valence-corrected chi connectivity index (χ0v) is 11.5. The summed E-state index contributed by atoms with van der Waals surface area (Å²) >= 11 is 0. The SMILES string of the molecule is CCCOc1ccc(CN)c(OCCCC(F)(F)F)c1. The molecule has 0 aliphatic rings. The van der Waals surface area contributed by atoms with Crippen LogP contribution in [-0.4, -0.2) is 19.4 Å². The van der Waals surface area contributed by atoms with Crippen molar-refractivity contribution in [2.24, 2.45) is 5.73 Å². The minimum absolute atomic E-state index is 0.00371. The molecule has 1 rings (SSSR count). The minimum Gasteiger partial charge on any atom is -0.493 e. The minimum atomic E-state index is -4.15. The Hall–Kier alpha value is -1.43. The Kier molecular flexibility index (Phi) is 6.64. The van der Waals surface area contributed by atoms with E-state index >= 15 is 0 Å². The number of halogens is 3. The first kappa shape index (κ1) is 16.6. The molecule has 0 saturated heterocycles. The van der Waals surface area contributed by atoms with E-state index in [1.165, 1.54) is 0 Å². The van der Waals surface area contributed by atoms with E-state index in [4.69, 9.17) is 15.2 Å². The maximum atomic E-state index is 12.0. The molecular formula is C14H20F3NO2. The van der Waals surface area contributed by atoms with Gasteiger partial charge in [0.15, 0.2) is 0 Å². The lowest BCUT2D eigenvalue weighted by Gasteiger charge is -2.13. The fourth-order valence-electron chi connectivity index (χ4n) is 1.60. The third kappa shape index (κ3) is 6.14. The van der Waals surface area contributed by atoms with Gasteiger partial charge >= 0.3 is 6.18 Å². The molecule has 3 nitrogen and oxygen atoms in total. The molecule has 0 amide bonds. The van der Waals surface area contributed by atoms with Gasteiger partial charge in [-0.1, -0.05) is 13.0 Å². The molecule has 0 radical (unpaired) electrons. The predicted octanol–water partition coefficient (Wildman–Crippen LogP) is 3.66. The Balaban J connectivity index is 2.57. The van der Waals surface area contributed by atoms with Crippen molar-refractivity contribution in [2.75, 3.05) is 13.2 Å². The van der Waals surface area contributed by atoms with Crippen molar-refractivity contribution in [3.05, 3.63) is 23.8 Å². The van der Waals surface area contributed by atoms with Crippen LogP contribution < -0.4 is 15.2 Å². The van der Waals surface area contributed by atoms with Crippen LogP contribution in [0, 0.1) is 0 Å². The van der Waals surface area contributed by atoms with Crippen LogP contribution in [0.4, 0.5) is 13.2 Å². The van der Waals surface area contributed by atoms with Gasteiger partial charge in [0.2, 0.25) is 0 Å². The van der Waals surface area contributed by atoms with Crippen molar-refractivity contribution in [2.45, 2.75) is 38.9 Å². The Bertz CT molecular complexity index is 408. The highest BCUT2D eigenvalue weighted by atomic mass is 19.4. The van der Waals surface area contributed by atoms with E-state index < -0.39 is 12.6 Å². The van der Waals surface area contributed by atoms with Gasteiger partial charge in [-0.2, -0.15) is 13.2 Å². The maximum Gasteiger partial charge on any atom is 0.389 e. The molecule has 0 aromatic heterocycles. The Morgan fingerprint density at radius 3 is 2.50 bits per heavy atom. The van der Waals surface area contributed by atoms with E-state index in [1.54, 1.807) is 18.2 Å². The first-order chi connectivity index (χ1) is 9.46. The summed E-state index contributed by atoms with van der Waals surface area (Å²) in [4.78, 5) is 0. The normalized spacial score (nSPS) is 11.4. The molecule has 6 heteroatoms. The van der Waals surface area contributed by atoms with Gasteiger partial charge < -0.3 is 15.2 Å². The molecule has 0 spiro atoms. The molecule has 0 saturated carbocycles. The first-order valence-corrected chi connectivity index (χ1v) is 6.61. The largest absolute Gasteiger partial charge is 0.493 e. The van der Waals surface area contributed by atoms with Gasteiger partial charge in [-0.25, -0.2) is 0 Å². The zero-order chi connectivity index (χ0) is 15.0. The predicted molar refractivity (Wildman–Crippen MR) is 70.9 cm³/mol. The zero-order valence-electron chi connectivity index (χ0n) is 11.5. The van der Waals surface area contributed by atoms with Crippen LogP contribution in [0.2, 0.25) is 0 Å². The van der Waals surface area contributed by atoms with Crippen LogP contribution in [0.3, 0.4) is 0 Å². The van der Waals surface area contributed by atoms with Gasteiger partial charge in [0.25, 0.3) is 0 Å². The lowest BCUT2D eigenvalue weighted by Crippen LogP contribution is -2.10. The quantitative estimate of drug-likeness (QED) is 0.743. The van der Waals surface area contributed by atoms with Gasteiger partial charge in [-0.15, -0.1) is 0 Å². The number of ether oxygens (including phenoxy) is 2. The lowest BCUT2D eigenvalue weighted by molar-refractivity contribution is -0.136. The fourth-order valence-corrected chi connectivity index (χ4v) is 1.60. The third-order valence-corrected chi connectivity index (χ3v) is 2.59. The maximum absolute atomic E-state index is 12.0. The van der Waals surface area contributed by atoms with Gasteiger partial charge in [0.05, 0.1) is 13.2 Å². The second kappa shape index (κ2) is 7.99. The molecule has 0 heterocycles. The average Bonchev–Trinajstić information content (AvgIpc) is 2.40. The van der Waals surface area contributed by atoms with Crippen molar-refractivity contribution in [1.82, 2.24) is 0 Å². The van der Waals surface area contributed by atoms with E-state index in [0.717, 1.165) is 12.0 Å². The van der Waals surface area contributed by atoms with Crippen molar-refractivity contribution in [1.29, 1.82) is 0 Å². The van der Waals surface area contributed by atoms with E-state index in [0.29, 0.717) is 18.1 Å². The van der Waals surface area contributed by atoms with Gasteiger partial charge in [-0.3, -0.25) is 0 Å². The van der Waals surface area contributed by atoms with Gasteiger partial charge in [-0.05, 0) is 18.9 Å². The topological polar surface area (TPSA) is 44.5 Å². The van der Waals surface area contributed by atoms with Crippen molar-refractivity contribution in [3.8, 4) is 11.5 Å². The molecule has 0 unspecified atom stereocenters. The van der Waals surface area contributed by atoms with Crippen LogP contribution >= 0.6 is 0 Å². The number of alkyl halides is 3. The van der Waals surface area contributed by atoms with E-state index in [2.05, 4.69) is 0 Å². The molecule has 2 N–H and O–H groups in total. The highest BCUT2D eigenvalue weighted by molar-refractivity contribution is 5.40. The summed E-state index contributed by atoms with van der Waals surface area (Å²) in [6.45, 7) is 2.84. The lowest BCUT2D eigenvalue weighted by atomic mass is 10.2. The molecule has 20 heavy (non-hydrogen) atoms. The standard InChI is InChI=1S/C14H20F3NO2/c1-2-7-19-12-5-4-11(10-18)13(9-12)20-8-3-6-14(15,16)17/h4-5,9H,2-3,6-8,10,18H2,1H3. The monoisotopic (exact) mass is 291 g/mol. The molecule has 0 bridgehead atoms. The Morgan fingerprint density at radius 1 is 1.15 bits per heavy atom. The molecule has 0 fully saturated rings. The Morgan fingerprint density at radius 2 is 1.90 bits per heavy atom. The number of benzene rings is 1. The summed E-state index contributed by atoms with van der Waals surface area (Å²) in [5.74, 6) is 1.12. The third-order valence-electron chi connectivity index (χ3n) is 2.59. The first-order valence-electron chi connectivity index (χ1n) is 6.61. The summed E-state index contributed by atoms with van der Waals surface area (Å²) in [5, 5.41) is 0. The number of rotatable bonds is 8. The highest BCUT2D eigenvalue weighted by Gasteiger charge is 2.26. The second-order valence-corrected chi connectivity index (χ2v) is 4.39. The molecule has 0 aliphatic heterocycles. The van der Waals surface area contributed by atoms with E-state index in [1.807, 2.05) is 6.92 Å². The molecule has 1 aromatic rings. The summed E-state index contributed by atoms with van der Waals surface area (Å²) in [5.41, 5.74) is 6.32. The van der Waals surface area contributed by atoms with Crippen LogP contribution in [-0.2, 0) is 6.54 Å². The fraction of sp³-hybridized carbons (Fsp3) is 0.571. The summed E-state index contributed by atoms with van der Waals surface area (Å²) in [7, 11) is 0. The molecule has 0 atom stereocenters. The molecule has 0 aliphatic carbocycles. The van der Waals surface area contributed by atoms with E-state index in [9.17, 15) is 13.2 Å². The smallest absolute Gasteiger partial charge is 0.389 e. The average molecular weight is 291 g/mol. The molecule has 1 aromatic carbocycles. The van der Waals surface area contributed by atoms with Crippen LogP contribution in [0.25, 0.3) is 0 Å². The second-order valence-electron chi connectivity index (χ2n) is 4.39. The van der Waals surface area contributed by atoms with Crippen molar-refractivity contribution < 1.29 is 22.6 Å². The van der Waals surface area contributed by atoms with Crippen molar-refractivity contribution >= 4 is 0 Å². The van der Waals surface area contributed by atoms with Crippen molar-refractivity contribution in [3.63, 3.8) is 0 Å². The molecular weight excluding hydrogens is 271 g/mol. The van der Waals surface area contributed by atoms with Crippen LogP contribution in [0.5, 0.6) is 11.5 Å². The van der Waals surface area contributed by atoms with Crippen LogP contribution in [0.15, 0.2) is 18.2 Å². The summed E-state index contributed by atoms with van der Waals surface area (Å²) in [6.07, 6.45) is -4.20. The molecule has 114 valence electrons. The van der Waals surface area contributed by atoms with Gasteiger partial charge in [0.1, 0.15) is 11.5 Å². The summed E-state index contributed by atoms with van der Waals surface area (Å²) in [6, 6.07) is 5.22. The highest BCUT2D eigenvalue weighted by Crippen LogP contribution is 2.26. The Labute approximate surface area is 116 Å². The van der Waals surface area contributed by atoms with Gasteiger partial charge in [0, 0.05) is 24.6 Å².